The van der Waals surface area contributed by atoms with E-state index in [-0.39, 0.29) is 38.9 Å². The van der Waals surface area contributed by atoms with Gasteiger partial charge in [0.25, 0.3) is 0 Å². The third kappa shape index (κ3) is 4.03. The van der Waals surface area contributed by atoms with Crippen LogP contribution in [0.25, 0.3) is 11.1 Å². The minimum Gasteiger partial charge on any atom is -0.398 e. The number of aromatic nitrogens is 2. The summed E-state index contributed by atoms with van der Waals surface area (Å²) in [6, 6.07) is 8.06. The molecule has 26 heavy (non-hydrogen) atoms. The number of nitrogens with one attached hydrogen (secondary N) is 1. The lowest BCUT2D eigenvalue weighted by Crippen LogP contribution is -2.08. The Hall–Kier alpha value is -2.86. The maximum atomic E-state index is 14.0. The van der Waals surface area contributed by atoms with Crippen LogP contribution in [0, 0.1) is 17.0 Å². The van der Waals surface area contributed by atoms with Crippen LogP contribution in [0.1, 0.15) is 25.1 Å². The second kappa shape index (κ2) is 8.49. The lowest BCUT2D eigenvalue weighted by Gasteiger charge is -2.11. The summed E-state index contributed by atoms with van der Waals surface area (Å²) < 4.78 is 28.0. The predicted octanol–water partition coefficient (Wildman–Crippen LogP) is 5.10. The van der Waals surface area contributed by atoms with Gasteiger partial charge in [-0.3, -0.25) is 10.4 Å². The number of hydrogen-bond donors (Lipinski definition) is 2. The van der Waals surface area contributed by atoms with Crippen molar-refractivity contribution in [3.8, 4) is 11.1 Å². The van der Waals surface area contributed by atoms with Gasteiger partial charge in [0.15, 0.2) is 0 Å². The van der Waals surface area contributed by atoms with E-state index in [0.29, 0.717) is 0 Å². The van der Waals surface area contributed by atoms with Crippen LogP contribution in [0.4, 0.5) is 14.5 Å². The first-order chi connectivity index (χ1) is 12.5. The van der Waals surface area contributed by atoms with Crippen molar-refractivity contribution in [2.24, 2.45) is 0 Å². The number of hydrogen-bond acceptors (Lipinski definition) is 4. The summed E-state index contributed by atoms with van der Waals surface area (Å²) in [4.78, 5) is 7.88. The molecule has 0 saturated heterocycles. The Kier molecular flexibility index (Phi) is 6.36. The monoisotopic (exact) mass is 374 g/mol. The zero-order chi connectivity index (χ0) is 19.3. The smallest absolute Gasteiger partial charge is 0.148 e. The summed E-state index contributed by atoms with van der Waals surface area (Å²) in [7, 11) is 0. The number of benzene rings is 2. The van der Waals surface area contributed by atoms with Crippen molar-refractivity contribution < 1.29 is 8.78 Å². The van der Waals surface area contributed by atoms with E-state index in [0.717, 1.165) is 0 Å². The van der Waals surface area contributed by atoms with Crippen molar-refractivity contribution in [1.82, 2.24) is 9.97 Å². The van der Waals surface area contributed by atoms with Crippen molar-refractivity contribution in [2.75, 3.05) is 5.73 Å². The molecule has 1 heterocycles. The normalized spacial score (nSPS) is 10.0. The maximum Gasteiger partial charge on any atom is 0.148 e. The summed E-state index contributed by atoms with van der Waals surface area (Å²) in [6.45, 7) is 4.00. The Morgan fingerprint density at radius 2 is 1.73 bits per heavy atom. The molecule has 0 radical (unpaired) electrons. The highest BCUT2D eigenvalue weighted by Gasteiger charge is 2.16. The Labute approximate surface area is 155 Å². The van der Waals surface area contributed by atoms with Gasteiger partial charge in [0, 0.05) is 11.3 Å². The van der Waals surface area contributed by atoms with Crippen LogP contribution in [0.5, 0.6) is 0 Å². The summed E-state index contributed by atoms with van der Waals surface area (Å²) in [5.74, 6) is -1.39. The fraction of sp³-hybridized carbons (Fsp3) is 0.105. The molecule has 134 valence electrons. The first-order valence-electron chi connectivity index (χ1n) is 7.88. The molecule has 0 atom stereocenters. The topological polar surface area (TPSA) is 75.7 Å². The first kappa shape index (κ1) is 19.5. The van der Waals surface area contributed by atoms with E-state index >= 15 is 0 Å². The van der Waals surface area contributed by atoms with Gasteiger partial charge in [0.2, 0.25) is 0 Å². The molecule has 0 amide bonds. The van der Waals surface area contributed by atoms with Crippen LogP contribution in [-0.2, 0) is 0 Å². The second-order valence-corrected chi connectivity index (χ2v) is 5.39. The molecular weight excluding hydrogens is 358 g/mol. The van der Waals surface area contributed by atoms with Crippen molar-refractivity contribution >= 4 is 23.0 Å². The van der Waals surface area contributed by atoms with E-state index in [4.69, 9.17) is 22.7 Å². The average Bonchev–Trinajstić information content (AvgIpc) is 2.64. The van der Waals surface area contributed by atoms with Gasteiger partial charge in [0.05, 0.1) is 23.7 Å². The minimum atomic E-state index is -0.695. The Balaban J connectivity index is 0.00000117. The number of nitrogen functional groups attached to an aromatic ring is 1. The molecular formula is C19H17ClF2N4. The van der Waals surface area contributed by atoms with Crippen LogP contribution < -0.4 is 5.73 Å². The quantitative estimate of drug-likeness (QED) is 0.494. The van der Waals surface area contributed by atoms with Crippen LogP contribution in [0.2, 0.25) is 5.15 Å². The van der Waals surface area contributed by atoms with Gasteiger partial charge in [-0.2, -0.15) is 0 Å². The van der Waals surface area contributed by atoms with E-state index in [1.165, 1.54) is 48.8 Å². The molecule has 1 aromatic heterocycles. The van der Waals surface area contributed by atoms with Gasteiger partial charge in [-0.15, -0.1) is 0 Å². The molecule has 0 unspecified atom stereocenters. The van der Waals surface area contributed by atoms with Crippen LogP contribution in [0.15, 0.2) is 48.8 Å². The van der Waals surface area contributed by atoms with Gasteiger partial charge in [-0.05, 0) is 29.8 Å². The van der Waals surface area contributed by atoms with Gasteiger partial charge in [-0.25, -0.2) is 13.8 Å². The highest BCUT2D eigenvalue weighted by molar-refractivity contribution is 6.29. The summed E-state index contributed by atoms with van der Waals surface area (Å²) in [5.41, 5.74) is 6.74. The van der Waals surface area contributed by atoms with Gasteiger partial charge in [0.1, 0.15) is 22.5 Å². The molecule has 4 nitrogen and oxygen atoms in total. The zero-order valence-electron chi connectivity index (χ0n) is 14.2. The zero-order valence-corrected chi connectivity index (χ0v) is 15.0. The number of anilines is 1. The van der Waals surface area contributed by atoms with Gasteiger partial charge < -0.3 is 5.73 Å². The molecule has 0 aliphatic heterocycles. The molecule has 0 fully saturated rings. The molecule has 0 bridgehead atoms. The summed E-state index contributed by atoms with van der Waals surface area (Å²) in [5, 5.41) is 8.38. The standard InChI is InChI=1S/C17H11ClF2N4.C2H6/c18-15-8-23-7-14(24-15)17(22)10-6-9(4-5-13(10)21)16-11(19)2-1-3-12(16)20;1-2/h1-8,22H,21H2;1-2H3. The van der Waals surface area contributed by atoms with Crippen molar-refractivity contribution in [2.45, 2.75) is 13.8 Å². The highest BCUT2D eigenvalue weighted by Crippen LogP contribution is 2.29. The van der Waals surface area contributed by atoms with Crippen molar-refractivity contribution in [3.63, 3.8) is 0 Å². The maximum absolute atomic E-state index is 14.0. The Bertz CT molecular complexity index is 924. The first-order valence-corrected chi connectivity index (χ1v) is 8.26. The van der Waals surface area contributed by atoms with Crippen molar-refractivity contribution in [1.29, 1.82) is 5.41 Å². The predicted molar refractivity (Wildman–Crippen MR) is 101 cm³/mol. The molecule has 0 aliphatic carbocycles. The highest BCUT2D eigenvalue weighted by atomic mass is 35.5. The average molecular weight is 375 g/mol. The summed E-state index contributed by atoms with van der Waals surface area (Å²) >= 11 is 5.78. The lowest BCUT2D eigenvalue weighted by molar-refractivity contribution is 0.589. The molecule has 0 spiro atoms. The van der Waals surface area contributed by atoms with Crippen LogP contribution in [-0.4, -0.2) is 15.7 Å². The fourth-order valence-corrected chi connectivity index (χ4v) is 2.45. The van der Waals surface area contributed by atoms with E-state index in [2.05, 4.69) is 9.97 Å². The Morgan fingerprint density at radius 3 is 2.35 bits per heavy atom. The molecule has 3 N–H and O–H groups in total. The van der Waals surface area contributed by atoms with Crippen molar-refractivity contribution in [3.05, 3.63) is 76.8 Å². The van der Waals surface area contributed by atoms with E-state index in [1.807, 2.05) is 13.8 Å². The van der Waals surface area contributed by atoms with Gasteiger partial charge >= 0.3 is 0 Å². The van der Waals surface area contributed by atoms with Crippen LogP contribution >= 0.6 is 11.6 Å². The fourth-order valence-electron chi connectivity index (χ4n) is 2.30. The largest absolute Gasteiger partial charge is 0.398 e. The Morgan fingerprint density at radius 1 is 1.08 bits per heavy atom. The van der Waals surface area contributed by atoms with E-state index in [1.54, 1.807) is 0 Å². The number of rotatable bonds is 3. The SMILES string of the molecule is CC.N=C(c1cncc(Cl)n1)c1cc(-c2c(F)cccc2F)ccc1N. The lowest BCUT2D eigenvalue weighted by atomic mass is 9.97. The third-order valence-electron chi connectivity index (χ3n) is 3.44. The minimum absolute atomic E-state index is 0.0407. The molecule has 0 saturated carbocycles. The molecule has 3 rings (SSSR count). The van der Waals surface area contributed by atoms with Gasteiger partial charge in [-0.1, -0.05) is 37.6 Å². The molecule has 7 heteroatoms. The van der Waals surface area contributed by atoms with Crippen LogP contribution in [0.3, 0.4) is 0 Å². The molecule has 0 aliphatic rings. The van der Waals surface area contributed by atoms with E-state index < -0.39 is 11.6 Å². The number of halogens is 3. The van der Waals surface area contributed by atoms with E-state index in [9.17, 15) is 8.78 Å². The third-order valence-corrected chi connectivity index (χ3v) is 3.62. The summed E-state index contributed by atoms with van der Waals surface area (Å²) in [6.07, 6.45) is 2.71. The second-order valence-electron chi connectivity index (χ2n) is 5.00. The number of nitrogens with two attached hydrogens (primary N) is 1. The molecule has 3 aromatic rings. The molecule has 2 aromatic carbocycles. The number of nitrogens with zero attached hydrogens (tertiary/aromatic N) is 2.